The minimum atomic E-state index is 0.308. The highest BCUT2D eigenvalue weighted by molar-refractivity contribution is 5.81. The molecule has 2 rings (SSSR count). The Hall–Kier alpha value is -0.410. The van der Waals surface area contributed by atoms with Crippen molar-refractivity contribution in [1.82, 2.24) is 4.90 Å². The number of carbonyl (C=O) groups excluding carboxylic acids is 1. The Bertz CT molecular complexity index is 217. The van der Waals surface area contributed by atoms with Crippen molar-refractivity contribution in [2.45, 2.75) is 38.1 Å². The third-order valence-corrected chi connectivity index (χ3v) is 3.59. The van der Waals surface area contributed by atoms with Crippen LogP contribution in [0.25, 0.3) is 0 Å². The minimum absolute atomic E-state index is 0.308. The van der Waals surface area contributed by atoms with E-state index in [4.69, 9.17) is 5.11 Å². The third kappa shape index (κ3) is 2.15. The molecule has 1 aliphatic carbocycles. The molecule has 80 valence electrons. The molecule has 0 aromatic carbocycles. The van der Waals surface area contributed by atoms with Crippen molar-refractivity contribution < 1.29 is 9.90 Å². The molecule has 0 radical (unpaired) electrons. The molecule has 1 N–H and O–H groups in total. The molecule has 2 aliphatic rings. The molecule has 1 heterocycles. The third-order valence-electron chi connectivity index (χ3n) is 3.59. The van der Waals surface area contributed by atoms with Crippen molar-refractivity contribution in [3.8, 4) is 0 Å². The van der Waals surface area contributed by atoms with Crippen LogP contribution in [0.5, 0.6) is 0 Å². The van der Waals surface area contributed by atoms with Gasteiger partial charge in [0.15, 0.2) is 0 Å². The number of hydrogen-bond acceptors (Lipinski definition) is 3. The van der Waals surface area contributed by atoms with E-state index in [1.165, 1.54) is 6.42 Å². The molecule has 0 aromatic heterocycles. The Balaban J connectivity index is 1.80. The predicted octanol–water partition coefficient (Wildman–Crippen LogP) is 0.812. The van der Waals surface area contributed by atoms with Crippen LogP contribution in [0.4, 0.5) is 0 Å². The summed E-state index contributed by atoms with van der Waals surface area (Å²) in [4.78, 5) is 13.6. The minimum Gasteiger partial charge on any atom is -0.396 e. The van der Waals surface area contributed by atoms with Crippen molar-refractivity contribution >= 4 is 5.78 Å². The predicted molar refractivity (Wildman–Crippen MR) is 54.0 cm³/mol. The number of ketones is 1. The zero-order valence-corrected chi connectivity index (χ0v) is 8.61. The molecule has 1 saturated carbocycles. The van der Waals surface area contributed by atoms with Gasteiger partial charge in [0.1, 0.15) is 5.78 Å². The van der Waals surface area contributed by atoms with Crippen molar-refractivity contribution in [1.29, 1.82) is 0 Å². The Labute approximate surface area is 85.1 Å². The van der Waals surface area contributed by atoms with Crippen molar-refractivity contribution in [2.75, 3.05) is 19.7 Å². The first-order valence-electron chi connectivity index (χ1n) is 5.66. The Kier molecular flexibility index (Phi) is 3.19. The first-order valence-corrected chi connectivity index (χ1v) is 5.66. The topological polar surface area (TPSA) is 40.5 Å². The number of carbonyl (C=O) groups is 1. The average Bonchev–Trinajstić information content (AvgIpc) is 2.74. The summed E-state index contributed by atoms with van der Waals surface area (Å²) in [6, 6.07) is 0.520. The van der Waals surface area contributed by atoms with Gasteiger partial charge in [0, 0.05) is 32.0 Å². The van der Waals surface area contributed by atoms with Crippen molar-refractivity contribution in [3.63, 3.8) is 0 Å². The van der Waals surface area contributed by atoms with Gasteiger partial charge in [-0.25, -0.2) is 0 Å². The molecule has 3 nitrogen and oxygen atoms in total. The summed E-state index contributed by atoms with van der Waals surface area (Å²) in [5.74, 6) is 1.09. The summed E-state index contributed by atoms with van der Waals surface area (Å²) < 4.78 is 0. The monoisotopic (exact) mass is 197 g/mol. The van der Waals surface area contributed by atoms with Gasteiger partial charge in [0.05, 0.1) is 0 Å². The number of aliphatic hydroxyl groups is 1. The van der Waals surface area contributed by atoms with E-state index in [-0.39, 0.29) is 0 Å². The van der Waals surface area contributed by atoms with Crippen molar-refractivity contribution in [2.24, 2.45) is 5.92 Å². The molecule has 3 heteroatoms. The fourth-order valence-electron chi connectivity index (χ4n) is 2.72. The lowest BCUT2D eigenvalue weighted by molar-refractivity contribution is -0.117. The first-order chi connectivity index (χ1) is 6.79. The van der Waals surface area contributed by atoms with E-state index in [9.17, 15) is 4.79 Å². The number of nitrogens with zero attached hydrogens (tertiary/aromatic N) is 1. The van der Waals surface area contributed by atoms with Gasteiger partial charge in [-0.3, -0.25) is 9.69 Å². The van der Waals surface area contributed by atoms with Gasteiger partial charge in [-0.2, -0.15) is 0 Å². The second-order valence-corrected chi connectivity index (χ2v) is 4.60. The highest BCUT2D eigenvalue weighted by Gasteiger charge is 2.32. The lowest BCUT2D eigenvalue weighted by atomic mass is 10.1. The quantitative estimate of drug-likeness (QED) is 0.728. The molecule has 14 heavy (non-hydrogen) atoms. The van der Waals surface area contributed by atoms with Gasteiger partial charge in [0.2, 0.25) is 0 Å². The summed E-state index contributed by atoms with van der Waals surface area (Å²) in [6.45, 7) is 2.53. The first kappa shape index (κ1) is 10.1. The van der Waals surface area contributed by atoms with E-state index >= 15 is 0 Å². The second-order valence-electron chi connectivity index (χ2n) is 4.60. The van der Waals surface area contributed by atoms with Gasteiger partial charge < -0.3 is 5.11 Å². The zero-order valence-electron chi connectivity index (χ0n) is 8.61. The molecule has 2 fully saturated rings. The van der Waals surface area contributed by atoms with E-state index in [1.54, 1.807) is 0 Å². The smallest absolute Gasteiger partial charge is 0.134 e. The largest absolute Gasteiger partial charge is 0.396 e. The standard InChI is InChI=1S/C11H19NO2/c13-6-4-9-3-5-12(8-9)10-1-2-11(14)7-10/h9-10,13H,1-8H2. The number of Topliss-reactive ketones (excluding diaryl/α,β-unsaturated/α-hetero) is 1. The lowest BCUT2D eigenvalue weighted by Gasteiger charge is -2.22. The van der Waals surface area contributed by atoms with Crippen LogP contribution in [0.15, 0.2) is 0 Å². The molecule has 2 unspecified atom stereocenters. The number of hydrogen-bond donors (Lipinski definition) is 1. The number of aliphatic hydroxyl groups excluding tert-OH is 1. The highest BCUT2D eigenvalue weighted by atomic mass is 16.3. The fraction of sp³-hybridized carbons (Fsp3) is 0.909. The summed E-state index contributed by atoms with van der Waals surface area (Å²) in [6.07, 6.45) is 4.74. The van der Waals surface area contributed by atoms with Crippen molar-refractivity contribution in [3.05, 3.63) is 0 Å². The van der Waals surface area contributed by atoms with E-state index in [1.807, 2.05) is 0 Å². The van der Waals surface area contributed by atoms with Crippen LogP contribution in [0.1, 0.15) is 32.1 Å². The SMILES string of the molecule is O=C1CCC(N2CCC(CCO)C2)C1. The van der Waals surface area contributed by atoms with Crippen LogP contribution in [0.3, 0.4) is 0 Å². The molecule has 0 aromatic rings. The van der Waals surface area contributed by atoms with Crippen LogP contribution >= 0.6 is 0 Å². The Morgan fingerprint density at radius 1 is 1.43 bits per heavy atom. The maximum Gasteiger partial charge on any atom is 0.134 e. The van der Waals surface area contributed by atoms with Crippen LogP contribution < -0.4 is 0 Å². The fourth-order valence-corrected chi connectivity index (χ4v) is 2.72. The Morgan fingerprint density at radius 3 is 2.93 bits per heavy atom. The summed E-state index contributed by atoms with van der Waals surface area (Å²) in [5, 5.41) is 8.85. The summed E-state index contributed by atoms with van der Waals surface area (Å²) in [7, 11) is 0. The van der Waals surface area contributed by atoms with Gasteiger partial charge in [-0.15, -0.1) is 0 Å². The molecule has 1 aliphatic heterocycles. The molecule has 0 bridgehead atoms. The maximum absolute atomic E-state index is 11.2. The molecule has 2 atom stereocenters. The zero-order chi connectivity index (χ0) is 9.97. The molecule has 0 spiro atoms. The molecule has 0 amide bonds. The van der Waals surface area contributed by atoms with Gasteiger partial charge in [-0.05, 0) is 31.7 Å². The molecular formula is C11H19NO2. The number of likely N-dealkylation sites (tertiary alicyclic amines) is 1. The van der Waals surface area contributed by atoms with E-state index in [2.05, 4.69) is 4.90 Å². The van der Waals surface area contributed by atoms with Crippen LogP contribution in [0, 0.1) is 5.92 Å². The average molecular weight is 197 g/mol. The van der Waals surface area contributed by atoms with Gasteiger partial charge in [-0.1, -0.05) is 0 Å². The van der Waals surface area contributed by atoms with Gasteiger partial charge in [0.25, 0.3) is 0 Å². The van der Waals surface area contributed by atoms with Gasteiger partial charge >= 0.3 is 0 Å². The van der Waals surface area contributed by atoms with E-state index in [0.717, 1.165) is 38.8 Å². The molecular weight excluding hydrogens is 178 g/mol. The summed E-state index contributed by atoms with van der Waals surface area (Å²) >= 11 is 0. The van der Waals surface area contributed by atoms with Crippen LogP contribution in [-0.2, 0) is 4.79 Å². The van der Waals surface area contributed by atoms with Crippen LogP contribution in [0.2, 0.25) is 0 Å². The maximum atomic E-state index is 11.2. The molecule has 1 saturated heterocycles. The highest BCUT2D eigenvalue weighted by Crippen LogP contribution is 2.27. The van der Waals surface area contributed by atoms with Crippen LogP contribution in [-0.4, -0.2) is 41.5 Å². The second kappa shape index (κ2) is 4.41. The summed E-state index contributed by atoms with van der Waals surface area (Å²) in [5.41, 5.74) is 0. The van der Waals surface area contributed by atoms with E-state index in [0.29, 0.717) is 24.3 Å². The number of rotatable bonds is 3. The van der Waals surface area contributed by atoms with E-state index < -0.39 is 0 Å². The lowest BCUT2D eigenvalue weighted by Crippen LogP contribution is -2.31. The Morgan fingerprint density at radius 2 is 2.29 bits per heavy atom. The normalized spacial score (nSPS) is 34.2.